The highest BCUT2D eigenvalue weighted by Gasteiger charge is 2.38. The number of amides is 2. The first-order chi connectivity index (χ1) is 11.8. The molecule has 7 heteroatoms. The minimum Gasteiger partial charge on any atom is -0.314 e. The Hall–Kier alpha value is -1.02. The van der Waals surface area contributed by atoms with E-state index in [1.165, 1.54) is 4.90 Å². The van der Waals surface area contributed by atoms with Crippen LogP contribution >= 0.6 is 0 Å². The van der Waals surface area contributed by atoms with E-state index in [1.54, 1.807) is 27.7 Å². The van der Waals surface area contributed by atoms with Crippen LogP contribution in [-0.2, 0) is 9.59 Å². The Morgan fingerprint density at radius 2 is 1.72 bits per heavy atom. The zero-order valence-corrected chi connectivity index (χ0v) is 16.4. The molecule has 0 atom stereocenters. The first kappa shape index (κ1) is 22.0. The van der Waals surface area contributed by atoms with Crippen molar-refractivity contribution in [2.45, 2.75) is 58.9 Å². The van der Waals surface area contributed by atoms with E-state index in [-0.39, 0.29) is 11.8 Å². The van der Waals surface area contributed by atoms with Gasteiger partial charge in [-0.2, -0.15) is 5.06 Å². The van der Waals surface area contributed by atoms with E-state index in [0.717, 1.165) is 57.0 Å². The van der Waals surface area contributed by atoms with E-state index in [0.29, 0.717) is 19.5 Å². The summed E-state index contributed by atoms with van der Waals surface area (Å²) < 4.78 is 0. The van der Waals surface area contributed by atoms with Crippen LogP contribution in [0.3, 0.4) is 0 Å². The topological polar surface area (TPSA) is 76.1 Å². The molecular formula is C18H36N4O3. The molecule has 0 unspecified atom stereocenters. The van der Waals surface area contributed by atoms with Gasteiger partial charge >= 0.3 is 0 Å². The van der Waals surface area contributed by atoms with Crippen molar-refractivity contribution in [1.29, 1.82) is 0 Å². The number of hydrogen-bond donors (Lipinski definition) is 2. The molecular weight excluding hydrogens is 320 g/mol. The number of rotatable bonds is 10. The average molecular weight is 357 g/mol. The van der Waals surface area contributed by atoms with E-state index in [4.69, 9.17) is 0 Å². The fraction of sp³-hybridized carbons (Fsp3) is 0.889. The van der Waals surface area contributed by atoms with Crippen LogP contribution in [0.4, 0.5) is 0 Å². The second-order valence-corrected chi connectivity index (χ2v) is 7.12. The quantitative estimate of drug-likeness (QED) is 0.454. The lowest BCUT2D eigenvalue weighted by Gasteiger charge is -2.35. The van der Waals surface area contributed by atoms with Crippen LogP contribution in [0.25, 0.3) is 0 Å². The Bertz CT molecular complexity index is 423. The lowest BCUT2D eigenvalue weighted by Crippen LogP contribution is -2.56. The molecule has 0 aliphatic carbocycles. The first-order valence-electron chi connectivity index (χ1n) is 9.59. The standard InChI is InChI=1S/C18H36N4O3/c1-5-21(17(24)18(3,4)22(25)6-2)16(23)10-8-7-9-13-20-14-11-19-12-15-20/h19,25H,5-15H2,1-4H3. The fourth-order valence-corrected chi connectivity index (χ4v) is 3.13. The van der Waals surface area contributed by atoms with Crippen LogP contribution in [-0.4, -0.2) is 83.2 Å². The summed E-state index contributed by atoms with van der Waals surface area (Å²) in [5.41, 5.74) is -1.09. The number of likely N-dealkylation sites (N-methyl/N-ethyl adjacent to an activating group) is 2. The normalized spacial score (nSPS) is 16.2. The molecule has 0 saturated carbocycles. The van der Waals surface area contributed by atoms with Crippen molar-refractivity contribution in [2.24, 2.45) is 0 Å². The third-order valence-electron chi connectivity index (χ3n) is 4.91. The average Bonchev–Trinajstić information content (AvgIpc) is 2.61. The molecule has 1 aliphatic heterocycles. The van der Waals surface area contributed by atoms with Crippen molar-refractivity contribution < 1.29 is 14.8 Å². The van der Waals surface area contributed by atoms with Crippen molar-refractivity contribution in [3.8, 4) is 0 Å². The van der Waals surface area contributed by atoms with Gasteiger partial charge in [0, 0.05) is 45.7 Å². The van der Waals surface area contributed by atoms with Crippen LogP contribution in [0.15, 0.2) is 0 Å². The smallest absolute Gasteiger partial charge is 0.251 e. The summed E-state index contributed by atoms with van der Waals surface area (Å²) in [7, 11) is 0. The Balaban J connectivity index is 2.36. The summed E-state index contributed by atoms with van der Waals surface area (Å²) in [6.07, 6.45) is 3.26. The summed E-state index contributed by atoms with van der Waals surface area (Å²) in [5, 5.41) is 14.2. The zero-order valence-electron chi connectivity index (χ0n) is 16.4. The number of nitrogens with zero attached hydrogens (tertiary/aromatic N) is 3. The van der Waals surface area contributed by atoms with Gasteiger partial charge in [-0.1, -0.05) is 13.3 Å². The number of hydrogen-bond acceptors (Lipinski definition) is 6. The minimum atomic E-state index is -1.09. The largest absolute Gasteiger partial charge is 0.314 e. The van der Waals surface area contributed by atoms with Gasteiger partial charge in [-0.15, -0.1) is 0 Å². The van der Waals surface area contributed by atoms with Gasteiger partial charge in [0.25, 0.3) is 5.91 Å². The fourth-order valence-electron chi connectivity index (χ4n) is 3.13. The molecule has 0 radical (unpaired) electrons. The van der Waals surface area contributed by atoms with Crippen molar-refractivity contribution >= 4 is 11.8 Å². The molecule has 7 nitrogen and oxygen atoms in total. The molecule has 1 heterocycles. The second-order valence-electron chi connectivity index (χ2n) is 7.12. The van der Waals surface area contributed by atoms with Gasteiger partial charge in [0.15, 0.2) is 0 Å². The van der Waals surface area contributed by atoms with Gasteiger partial charge in [0.2, 0.25) is 5.91 Å². The Morgan fingerprint density at radius 3 is 2.28 bits per heavy atom. The Labute approximate surface area is 152 Å². The van der Waals surface area contributed by atoms with Crippen molar-refractivity contribution in [3.63, 3.8) is 0 Å². The molecule has 1 fully saturated rings. The molecule has 0 bridgehead atoms. The molecule has 146 valence electrons. The molecule has 0 aromatic rings. The molecule has 1 aliphatic rings. The SMILES string of the molecule is CCN(C(=O)CCCCCN1CCNCC1)C(=O)C(C)(C)N(O)CC. The molecule has 0 aromatic carbocycles. The summed E-state index contributed by atoms with van der Waals surface area (Å²) >= 11 is 0. The maximum atomic E-state index is 12.6. The first-order valence-corrected chi connectivity index (χ1v) is 9.59. The maximum absolute atomic E-state index is 12.6. The second kappa shape index (κ2) is 10.9. The van der Waals surface area contributed by atoms with Gasteiger partial charge in [0.1, 0.15) is 5.54 Å². The number of nitrogens with one attached hydrogen (secondary N) is 1. The van der Waals surface area contributed by atoms with Gasteiger partial charge in [-0.05, 0) is 40.2 Å². The maximum Gasteiger partial charge on any atom is 0.251 e. The molecule has 1 saturated heterocycles. The van der Waals surface area contributed by atoms with Gasteiger partial charge in [0.05, 0.1) is 0 Å². The molecule has 25 heavy (non-hydrogen) atoms. The molecule has 1 rings (SSSR count). The predicted octanol–water partition coefficient (Wildman–Crippen LogP) is 1.32. The highest BCUT2D eigenvalue weighted by molar-refractivity contribution is 5.99. The molecule has 0 aromatic heterocycles. The van der Waals surface area contributed by atoms with Gasteiger partial charge in [-0.25, -0.2) is 0 Å². The molecule has 2 N–H and O–H groups in total. The summed E-state index contributed by atoms with van der Waals surface area (Å²) in [6, 6.07) is 0. The number of imide groups is 1. The predicted molar refractivity (Wildman–Crippen MR) is 98.4 cm³/mol. The molecule has 2 amide bonds. The van der Waals surface area contributed by atoms with E-state index in [9.17, 15) is 14.8 Å². The van der Waals surface area contributed by atoms with Crippen molar-refractivity contribution in [3.05, 3.63) is 0 Å². The lowest BCUT2D eigenvalue weighted by molar-refractivity contribution is -0.184. The number of hydroxylamine groups is 2. The van der Waals surface area contributed by atoms with Crippen LogP contribution in [0.1, 0.15) is 53.4 Å². The van der Waals surface area contributed by atoms with E-state index < -0.39 is 5.54 Å². The number of carbonyl (C=O) groups excluding carboxylic acids is 2. The van der Waals surface area contributed by atoms with Crippen molar-refractivity contribution in [2.75, 3.05) is 45.8 Å². The summed E-state index contributed by atoms with van der Waals surface area (Å²) in [4.78, 5) is 28.8. The molecule has 0 spiro atoms. The van der Waals surface area contributed by atoms with Crippen LogP contribution < -0.4 is 5.32 Å². The summed E-state index contributed by atoms with van der Waals surface area (Å²) in [6.45, 7) is 12.9. The van der Waals surface area contributed by atoms with E-state index in [1.807, 2.05) is 0 Å². The Morgan fingerprint density at radius 1 is 1.08 bits per heavy atom. The highest BCUT2D eigenvalue weighted by Crippen LogP contribution is 2.17. The minimum absolute atomic E-state index is 0.146. The monoisotopic (exact) mass is 356 g/mol. The van der Waals surface area contributed by atoms with E-state index in [2.05, 4.69) is 10.2 Å². The third kappa shape index (κ3) is 6.66. The van der Waals surface area contributed by atoms with Crippen LogP contribution in [0, 0.1) is 0 Å². The zero-order chi connectivity index (χ0) is 18.9. The van der Waals surface area contributed by atoms with Crippen LogP contribution in [0.2, 0.25) is 0 Å². The number of piperazine rings is 1. The van der Waals surface area contributed by atoms with Crippen LogP contribution in [0.5, 0.6) is 0 Å². The highest BCUT2D eigenvalue weighted by atomic mass is 16.5. The van der Waals surface area contributed by atoms with Gasteiger partial charge in [-0.3, -0.25) is 14.5 Å². The number of unbranched alkanes of at least 4 members (excludes halogenated alkanes) is 2. The van der Waals surface area contributed by atoms with E-state index >= 15 is 0 Å². The lowest BCUT2D eigenvalue weighted by atomic mass is 10.0. The van der Waals surface area contributed by atoms with Gasteiger partial charge < -0.3 is 15.4 Å². The third-order valence-corrected chi connectivity index (χ3v) is 4.91. The Kier molecular flexibility index (Phi) is 9.56. The van der Waals surface area contributed by atoms with Crippen molar-refractivity contribution in [1.82, 2.24) is 20.2 Å². The summed E-state index contributed by atoms with van der Waals surface area (Å²) in [5.74, 6) is -0.489. The number of carbonyl (C=O) groups is 2.